The van der Waals surface area contributed by atoms with Crippen molar-refractivity contribution in [2.24, 2.45) is 10.4 Å². The first-order valence-corrected chi connectivity index (χ1v) is 8.01. The summed E-state index contributed by atoms with van der Waals surface area (Å²) in [5, 5.41) is 1.78. The van der Waals surface area contributed by atoms with Crippen LogP contribution < -0.4 is 0 Å². The van der Waals surface area contributed by atoms with Crippen LogP contribution in [0.25, 0.3) is 10.8 Å². The molecule has 2 aromatic carbocycles. The van der Waals surface area contributed by atoms with E-state index in [4.69, 9.17) is 0 Å². The molecule has 0 bridgehead atoms. The van der Waals surface area contributed by atoms with Crippen molar-refractivity contribution >= 4 is 28.1 Å². The van der Waals surface area contributed by atoms with Gasteiger partial charge in [-0.3, -0.25) is 4.79 Å². The minimum absolute atomic E-state index is 0.0733. The summed E-state index contributed by atoms with van der Waals surface area (Å²) in [6.45, 7) is 0.0733. The predicted octanol–water partition coefficient (Wildman–Crippen LogP) is 4.13. The lowest BCUT2D eigenvalue weighted by Crippen LogP contribution is -2.41. The molecule has 2 aliphatic rings. The van der Waals surface area contributed by atoms with E-state index in [1.54, 1.807) is 13.1 Å². The molecule has 0 radical (unpaired) electrons. The molecule has 3 nitrogen and oxygen atoms in total. The summed E-state index contributed by atoms with van der Waals surface area (Å²) < 4.78 is 30.5. The first kappa shape index (κ1) is 15.7. The van der Waals surface area contributed by atoms with Gasteiger partial charge in [0.15, 0.2) is 11.6 Å². The van der Waals surface area contributed by atoms with Gasteiger partial charge in [0.2, 0.25) is 0 Å². The van der Waals surface area contributed by atoms with Gasteiger partial charge >= 0.3 is 5.92 Å². The Labute approximate surface area is 144 Å². The number of nitrogens with zero attached hydrogens (tertiary/aromatic N) is 2. The van der Waals surface area contributed by atoms with Crippen molar-refractivity contribution in [1.29, 1.82) is 0 Å². The van der Waals surface area contributed by atoms with Crippen LogP contribution in [0.5, 0.6) is 0 Å². The second-order valence-corrected chi connectivity index (χ2v) is 6.47. The molecular formula is C20H16F2N2O. The number of alkyl halides is 2. The molecule has 1 fully saturated rings. The van der Waals surface area contributed by atoms with Gasteiger partial charge in [0, 0.05) is 19.0 Å². The smallest absolute Gasteiger partial charge is 0.318 e. The lowest BCUT2D eigenvalue weighted by molar-refractivity contribution is -0.110. The van der Waals surface area contributed by atoms with E-state index in [9.17, 15) is 4.79 Å². The number of aliphatic imine (C=N–C) groups is 1. The standard InChI is InChI=1S/C20H16F2N2O/c1-24-13-19(11-9-15(25)10-12-19)20(21,22)18(24)23-17-8-4-6-14-5-2-3-7-16(14)17/h2-12H,13H2,1H3. The predicted molar refractivity (Wildman–Crippen MR) is 94.3 cm³/mol. The van der Waals surface area contributed by atoms with Gasteiger partial charge in [0.1, 0.15) is 0 Å². The van der Waals surface area contributed by atoms with Crippen LogP contribution in [0.4, 0.5) is 14.5 Å². The molecule has 1 aliphatic carbocycles. The Morgan fingerprint density at radius 2 is 1.72 bits per heavy atom. The van der Waals surface area contributed by atoms with E-state index in [1.165, 1.54) is 29.2 Å². The average Bonchev–Trinajstić information content (AvgIpc) is 2.78. The van der Waals surface area contributed by atoms with Gasteiger partial charge in [0.25, 0.3) is 0 Å². The number of carbonyl (C=O) groups excluding carboxylic acids is 1. The number of rotatable bonds is 1. The zero-order valence-corrected chi connectivity index (χ0v) is 13.6. The highest BCUT2D eigenvalue weighted by Crippen LogP contribution is 2.49. The highest BCUT2D eigenvalue weighted by Gasteiger charge is 2.62. The molecule has 0 unspecified atom stereocenters. The van der Waals surface area contributed by atoms with Gasteiger partial charge in [-0.2, -0.15) is 8.78 Å². The molecule has 2 aromatic rings. The third-order valence-electron chi connectivity index (χ3n) is 4.81. The van der Waals surface area contributed by atoms with Crippen LogP contribution in [0.3, 0.4) is 0 Å². The van der Waals surface area contributed by atoms with E-state index in [0.29, 0.717) is 5.69 Å². The second-order valence-electron chi connectivity index (χ2n) is 6.47. The van der Waals surface area contributed by atoms with E-state index in [0.717, 1.165) is 10.8 Å². The summed E-state index contributed by atoms with van der Waals surface area (Å²) in [6, 6.07) is 13.0. The van der Waals surface area contributed by atoms with Gasteiger partial charge in [-0.05, 0) is 23.6 Å². The van der Waals surface area contributed by atoms with Crippen LogP contribution in [-0.2, 0) is 4.79 Å². The summed E-state index contributed by atoms with van der Waals surface area (Å²) in [5.74, 6) is -3.76. The van der Waals surface area contributed by atoms with Crippen molar-refractivity contribution in [3.8, 4) is 0 Å². The molecule has 4 rings (SSSR count). The molecule has 1 spiro atoms. The molecule has 25 heavy (non-hydrogen) atoms. The number of hydrogen-bond donors (Lipinski definition) is 0. The molecule has 1 heterocycles. The van der Waals surface area contributed by atoms with Crippen molar-refractivity contribution < 1.29 is 13.6 Å². The van der Waals surface area contributed by atoms with Crippen molar-refractivity contribution in [3.05, 3.63) is 66.8 Å². The summed E-state index contributed by atoms with van der Waals surface area (Å²) in [5.41, 5.74) is -1.02. The molecule has 0 aromatic heterocycles. The van der Waals surface area contributed by atoms with E-state index >= 15 is 8.78 Å². The highest BCUT2D eigenvalue weighted by molar-refractivity contribution is 6.03. The number of amidine groups is 1. The van der Waals surface area contributed by atoms with Gasteiger partial charge in [-0.25, -0.2) is 4.99 Å². The number of halogens is 2. The fourth-order valence-corrected chi connectivity index (χ4v) is 3.48. The van der Waals surface area contributed by atoms with E-state index < -0.39 is 11.3 Å². The van der Waals surface area contributed by atoms with Crippen molar-refractivity contribution in [2.75, 3.05) is 13.6 Å². The quantitative estimate of drug-likeness (QED) is 0.783. The first-order valence-electron chi connectivity index (χ1n) is 8.01. The molecule has 0 amide bonds. The third kappa shape index (κ3) is 2.30. The Morgan fingerprint density at radius 3 is 2.48 bits per heavy atom. The SMILES string of the molecule is CN1CC2(C=CC(=O)C=C2)C(F)(F)C1=Nc1cccc2ccccc12. The fourth-order valence-electron chi connectivity index (χ4n) is 3.48. The topological polar surface area (TPSA) is 32.7 Å². The molecule has 1 aliphatic heterocycles. The van der Waals surface area contributed by atoms with Crippen LogP contribution in [0.2, 0.25) is 0 Å². The average molecular weight is 338 g/mol. The number of carbonyl (C=O) groups is 1. The van der Waals surface area contributed by atoms with Crippen LogP contribution >= 0.6 is 0 Å². The van der Waals surface area contributed by atoms with Gasteiger partial charge in [-0.15, -0.1) is 0 Å². The molecule has 0 saturated carbocycles. The number of hydrogen-bond acceptors (Lipinski definition) is 2. The van der Waals surface area contributed by atoms with Crippen LogP contribution in [0, 0.1) is 5.41 Å². The van der Waals surface area contributed by atoms with Crippen LogP contribution in [0.15, 0.2) is 71.8 Å². The molecule has 5 heteroatoms. The minimum atomic E-state index is -3.20. The molecule has 1 saturated heterocycles. The van der Waals surface area contributed by atoms with Crippen LogP contribution in [0.1, 0.15) is 0 Å². The summed E-state index contributed by atoms with van der Waals surface area (Å²) in [7, 11) is 1.60. The molecular weight excluding hydrogens is 322 g/mol. The number of fused-ring (bicyclic) bond motifs is 1. The number of allylic oxidation sites excluding steroid dienone is 2. The maximum Gasteiger partial charge on any atom is 0.318 e. The van der Waals surface area contributed by atoms with Crippen molar-refractivity contribution in [2.45, 2.75) is 5.92 Å². The lowest BCUT2D eigenvalue weighted by atomic mass is 9.80. The molecule has 0 N–H and O–H groups in total. The summed E-state index contributed by atoms with van der Waals surface area (Å²) >= 11 is 0. The highest BCUT2D eigenvalue weighted by atomic mass is 19.3. The number of benzene rings is 2. The van der Waals surface area contributed by atoms with E-state index in [2.05, 4.69) is 4.99 Å². The fraction of sp³-hybridized carbons (Fsp3) is 0.200. The number of likely N-dealkylation sites (tertiary alicyclic amines) is 1. The van der Waals surface area contributed by atoms with Crippen molar-refractivity contribution in [3.63, 3.8) is 0 Å². The van der Waals surface area contributed by atoms with Gasteiger partial charge in [0.05, 0.1) is 11.1 Å². The second kappa shape index (κ2) is 5.34. The Morgan fingerprint density at radius 1 is 1.04 bits per heavy atom. The monoisotopic (exact) mass is 338 g/mol. The van der Waals surface area contributed by atoms with E-state index in [-0.39, 0.29) is 18.2 Å². The van der Waals surface area contributed by atoms with Gasteiger partial charge < -0.3 is 4.90 Å². The van der Waals surface area contributed by atoms with E-state index in [1.807, 2.05) is 36.4 Å². The minimum Gasteiger partial charge on any atom is -0.357 e. The first-order chi connectivity index (χ1) is 11.9. The molecule has 126 valence electrons. The summed E-state index contributed by atoms with van der Waals surface area (Å²) in [6.07, 6.45) is 5.03. The normalized spacial score (nSPS) is 22.4. The lowest BCUT2D eigenvalue weighted by Gasteiger charge is -2.28. The van der Waals surface area contributed by atoms with Crippen molar-refractivity contribution in [1.82, 2.24) is 4.90 Å². The van der Waals surface area contributed by atoms with Gasteiger partial charge in [-0.1, -0.05) is 48.6 Å². The zero-order chi connectivity index (χ0) is 17.7. The number of ketones is 1. The Bertz CT molecular complexity index is 938. The Hall–Kier alpha value is -2.82. The maximum absolute atomic E-state index is 15.2. The Balaban J connectivity index is 1.85. The summed E-state index contributed by atoms with van der Waals surface area (Å²) in [4.78, 5) is 17.1. The zero-order valence-electron chi connectivity index (χ0n) is 13.6. The largest absolute Gasteiger partial charge is 0.357 e. The maximum atomic E-state index is 15.2. The third-order valence-corrected chi connectivity index (χ3v) is 4.81. The molecule has 0 atom stereocenters. The Kier molecular flexibility index (Phi) is 3.35. The van der Waals surface area contributed by atoms with Crippen LogP contribution in [-0.4, -0.2) is 36.0 Å².